The van der Waals surface area contributed by atoms with Crippen LogP contribution in [0.5, 0.6) is 0 Å². The molecule has 0 amide bonds. The van der Waals surface area contributed by atoms with Gasteiger partial charge in [0, 0.05) is 6.54 Å². The molecule has 0 aliphatic heterocycles. The zero-order valence-electron chi connectivity index (χ0n) is 11.3. The predicted octanol–water partition coefficient (Wildman–Crippen LogP) is 0.969. The van der Waals surface area contributed by atoms with E-state index >= 15 is 0 Å². The number of rotatable bonds is 8. The summed E-state index contributed by atoms with van der Waals surface area (Å²) in [6.45, 7) is 2.48. The second-order valence-corrected chi connectivity index (χ2v) is 4.61. The van der Waals surface area contributed by atoms with Gasteiger partial charge in [0.25, 0.3) is 0 Å². The molecule has 0 aliphatic rings. The van der Waals surface area contributed by atoms with Gasteiger partial charge in [-0.15, -0.1) is 0 Å². The number of benzene rings is 1. The smallest absolute Gasteiger partial charge is 0.320 e. The number of aliphatic carboxylic acids is 1. The summed E-state index contributed by atoms with van der Waals surface area (Å²) in [7, 11) is 1.67. The highest BCUT2D eigenvalue weighted by atomic mass is 16.5. The molecule has 0 saturated heterocycles. The fraction of sp³-hybridized carbons (Fsp3) is 0.500. The molecule has 0 fully saturated rings. The predicted molar refractivity (Wildman–Crippen MR) is 71.8 cm³/mol. The lowest BCUT2D eigenvalue weighted by Gasteiger charge is -2.23. The fourth-order valence-electron chi connectivity index (χ4n) is 1.62. The lowest BCUT2D eigenvalue weighted by Crippen LogP contribution is -2.41. The van der Waals surface area contributed by atoms with Crippen LogP contribution in [0.25, 0.3) is 0 Å². The molecule has 0 bridgehead atoms. The number of carbonyl (C=O) groups is 1. The maximum absolute atomic E-state index is 10.8. The Hall–Kier alpha value is -1.43. The third kappa shape index (κ3) is 5.83. The van der Waals surface area contributed by atoms with Crippen molar-refractivity contribution in [3.63, 3.8) is 0 Å². The van der Waals surface area contributed by atoms with Crippen molar-refractivity contribution in [2.45, 2.75) is 25.7 Å². The third-order valence-corrected chi connectivity index (χ3v) is 2.94. The Kier molecular flexibility index (Phi) is 6.49. The highest BCUT2D eigenvalue weighted by Crippen LogP contribution is 2.02. The van der Waals surface area contributed by atoms with Crippen molar-refractivity contribution in [3.05, 3.63) is 35.9 Å². The first kappa shape index (κ1) is 15.6. The molecule has 19 heavy (non-hydrogen) atoms. The quantitative estimate of drug-likeness (QED) is 0.734. The number of carboxylic acid groups (broad SMARTS) is 1. The Balaban J connectivity index is 2.24. The summed E-state index contributed by atoms with van der Waals surface area (Å²) in [6.07, 6.45) is -0.699. The van der Waals surface area contributed by atoms with E-state index in [2.05, 4.69) is 0 Å². The standard InChI is InChI=1S/C14H21NO4/c1-11(14(17)18)15(2)8-13(16)10-19-9-12-6-4-3-5-7-12/h3-7,11,13,16H,8-10H2,1-2H3,(H,17,18). The summed E-state index contributed by atoms with van der Waals surface area (Å²) >= 11 is 0. The summed E-state index contributed by atoms with van der Waals surface area (Å²) in [6, 6.07) is 9.06. The number of hydrogen-bond donors (Lipinski definition) is 2. The van der Waals surface area contributed by atoms with Gasteiger partial charge in [-0.05, 0) is 19.5 Å². The molecule has 0 aromatic heterocycles. The van der Waals surface area contributed by atoms with Crippen molar-refractivity contribution in [1.29, 1.82) is 0 Å². The normalized spacial score (nSPS) is 14.3. The van der Waals surface area contributed by atoms with E-state index in [1.165, 1.54) is 0 Å². The molecule has 0 aliphatic carbocycles. The van der Waals surface area contributed by atoms with Crippen LogP contribution in [-0.4, -0.2) is 53.4 Å². The van der Waals surface area contributed by atoms with Crippen LogP contribution in [0.2, 0.25) is 0 Å². The summed E-state index contributed by atoms with van der Waals surface area (Å²) in [4.78, 5) is 12.3. The number of likely N-dealkylation sites (N-methyl/N-ethyl adjacent to an activating group) is 1. The summed E-state index contributed by atoms with van der Waals surface area (Å²) in [5.41, 5.74) is 1.04. The van der Waals surface area contributed by atoms with Crippen LogP contribution >= 0.6 is 0 Å². The molecule has 0 saturated carbocycles. The van der Waals surface area contributed by atoms with Crippen molar-refractivity contribution < 1.29 is 19.7 Å². The van der Waals surface area contributed by atoms with E-state index in [-0.39, 0.29) is 13.2 Å². The fourth-order valence-corrected chi connectivity index (χ4v) is 1.62. The first-order chi connectivity index (χ1) is 9.00. The van der Waals surface area contributed by atoms with Gasteiger partial charge < -0.3 is 14.9 Å². The van der Waals surface area contributed by atoms with Crippen LogP contribution in [0.4, 0.5) is 0 Å². The van der Waals surface area contributed by atoms with Crippen LogP contribution in [0.3, 0.4) is 0 Å². The molecule has 2 N–H and O–H groups in total. The molecule has 0 spiro atoms. The molecule has 0 heterocycles. The van der Waals surface area contributed by atoms with Gasteiger partial charge in [-0.25, -0.2) is 0 Å². The molecular formula is C14H21NO4. The van der Waals surface area contributed by atoms with Gasteiger partial charge in [0.2, 0.25) is 0 Å². The van der Waals surface area contributed by atoms with E-state index in [1.54, 1.807) is 18.9 Å². The summed E-state index contributed by atoms with van der Waals surface area (Å²) in [5, 5.41) is 18.6. The van der Waals surface area contributed by atoms with Gasteiger partial charge in [-0.1, -0.05) is 30.3 Å². The van der Waals surface area contributed by atoms with Gasteiger partial charge >= 0.3 is 5.97 Å². The van der Waals surface area contributed by atoms with E-state index in [0.717, 1.165) is 5.56 Å². The highest BCUT2D eigenvalue weighted by Gasteiger charge is 2.19. The van der Waals surface area contributed by atoms with Crippen molar-refractivity contribution in [2.24, 2.45) is 0 Å². The number of ether oxygens (including phenoxy) is 1. The Morgan fingerprint density at radius 2 is 2.00 bits per heavy atom. The highest BCUT2D eigenvalue weighted by molar-refractivity contribution is 5.72. The summed E-state index contributed by atoms with van der Waals surface area (Å²) in [5.74, 6) is -0.903. The van der Waals surface area contributed by atoms with E-state index in [0.29, 0.717) is 6.61 Å². The summed E-state index contributed by atoms with van der Waals surface area (Å²) < 4.78 is 5.40. The molecule has 1 aromatic carbocycles. The molecule has 5 heteroatoms. The minimum absolute atomic E-state index is 0.186. The Morgan fingerprint density at radius 1 is 1.37 bits per heavy atom. The first-order valence-corrected chi connectivity index (χ1v) is 6.23. The Morgan fingerprint density at radius 3 is 2.58 bits per heavy atom. The maximum atomic E-state index is 10.8. The molecule has 5 nitrogen and oxygen atoms in total. The van der Waals surface area contributed by atoms with Crippen molar-refractivity contribution in [2.75, 3.05) is 20.2 Å². The zero-order valence-corrected chi connectivity index (χ0v) is 11.3. The van der Waals surface area contributed by atoms with Gasteiger partial charge in [0.05, 0.1) is 19.3 Å². The van der Waals surface area contributed by atoms with Crippen LogP contribution in [0, 0.1) is 0 Å². The van der Waals surface area contributed by atoms with Crippen molar-refractivity contribution in [3.8, 4) is 0 Å². The van der Waals surface area contributed by atoms with E-state index in [1.807, 2.05) is 30.3 Å². The average Bonchev–Trinajstić information content (AvgIpc) is 2.38. The minimum Gasteiger partial charge on any atom is -0.480 e. The van der Waals surface area contributed by atoms with Crippen molar-refractivity contribution >= 4 is 5.97 Å². The molecule has 106 valence electrons. The zero-order chi connectivity index (χ0) is 14.3. The molecule has 2 unspecified atom stereocenters. The van der Waals surface area contributed by atoms with E-state index in [9.17, 15) is 9.90 Å². The number of aliphatic hydroxyl groups is 1. The Labute approximate surface area is 113 Å². The number of aliphatic hydroxyl groups excluding tert-OH is 1. The van der Waals surface area contributed by atoms with Crippen LogP contribution in [0.15, 0.2) is 30.3 Å². The molecule has 2 atom stereocenters. The van der Waals surface area contributed by atoms with Crippen LogP contribution in [-0.2, 0) is 16.1 Å². The lowest BCUT2D eigenvalue weighted by atomic mass is 10.2. The van der Waals surface area contributed by atoms with Crippen molar-refractivity contribution in [1.82, 2.24) is 4.90 Å². The first-order valence-electron chi connectivity index (χ1n) is 6.23. The molecular weight excluding hydrogens is 246 g/mol. The maximum Gasteiger partial charge on any atom is 0.320 e. The van der Waals surface area contributed by atoms with E-state index < -0.39 is 18.1 Å². The van der Waals surface area contributed by atoms with Gasteiger partial charge in [0.15, 0.2) is 0 Å². The lowest BCUT2D eigenvalue weighted by molar-refractivity contribution is -0.142. The van der Waals surface area contributed by atoms with Crippen LogP contribution in [0.1, 0.15) is 12.5 Å². The second-order valence-electron chi connectivity index (χ2n) is 4.61. The van der Waals surface area contributed by atoms with Gasteiger partial charge in [-0.2, -0.15) is 0 Å². The molecule has 1 rings (SSSR count). The van der Waals surface area contributed by atoms with E-state index in [4.69, 9.17) is 9.84 Å². The van der Waals surface area contributed by atoms with Gasteiger partial charge in [-0.3, -0.25) is 9.69 Å². The second kappa shape index (κ2) is 7.89. The molecule has 1 aromatic rings. The third-order valence-electron chi connectivity index (χ3n) is 2.94. The average molecular weight is 267 g/mol. The topological polar surface area (TPSA) is 70.0 Å². The van der Waals surface area contributed by atoms with Crippen LogP contribution < -0.4 is 0 Å². The number of hydrogen-bond acceptors (Lipinski definition) is 4. The largest absolute Gasteiger partial charge is 0.480 e. The number of carboxylic acids is 1. The monoisotopic (exact) mass is 267 g/mol. The van der Waals surface area contributed by atoms with Gasteiger partial charge in [0.1, 0.15) is 6.04 Å². The SMILES string of the molecule is CC(C(=O)O)N(C)CC(O)COCc1ccccc1. The molecule has 0 radical (unpaired) electrons. The minimum atomic E-state index is -0.903. The number of nitrogens with zero attached hydrogens (tertiary/aromatic N) is 1. The Bertz CT molecular complexity index is 382.